The first-order chi connectivity index (χ1) is 14.6. The van der Waals surface area contributed by atoms with Crippen molar-refractivity contribution in [2.24, 2.45) is 7.05 Å². The summed E-state index contributed by atoms with van der Waals surface area (Å²) in [7, 11) is 1.86. The minimum Gasteiger partial charge on any atom is -0.349 e. The fraction of sp³-hybridized carbons (Fsp3) is 0.227. The van der Waals surface area contributed by atoms with Crippen LogP contribution in [0.1, 0.15) is 34.1 Å². The number of hydrogen-bond acceptors (Lipinski definition) is 5. The molecule has 2 N–H and O–H groups in total. The Kier molecular flexibility index (Phi) is 5.65. The molecule has 0 saturated heterocycles. The highest BCUT2D eigenvalue weighted by molar-refractivity contribution is 5.95. The zero-order valence-corrected chi connectivity index (χ0v) is 16.9. The molecular formula is C22H23N7O. The maximum absolute atomic E-state index is 12.9. The number of nitrogens with one attached hydrogen (secondary N) is 2. The number of H-pyrrole nitrogens is 1. The van der Waals surface area contributed by atoms with E-state index >= 15 is 0 Å². The van der Waals surface area contributed by atoms with Crippen LogP contribution in [-0.4, -0.2) is 42.4 Å². The second-order valence-electron chi connectivity index (χ2n) is 7.30. The van der Waals surface area contributed by atoms with Gasteiger partial charge in [0.15, 0.2) is 0 Å². The number of rotatable bonds is 7. The molecule has 2 heterocycles. The molecule has 0 aliphatic carbocycles. The van der Waals surface area contributed by atoms with E-state index in [1.807, 2.05) is 56.4 Å². The van der Waals surface area contributed by atoms with Crippen molar-refractivity contribution in [2.45, 2.75) is 25.8 Å². The number of hydrogen-bond donors (Lipinski definition) is 2. The lowest BCUT2D eigenvalue weighted by molar-refractivity contribution is 0.0939. The van der Waals surface area contributed by atoms with Gasteiger partial charge in [0.05, 0.1) is 17.5 Å². The number of carbonyl (C=O) groups excluding carboxylic acids is 1. The van der Waals surface area contributed by atoms with Crippen LogP contribution >= 0.6 is 0 Å². The predicted octanol–water partition coefficient (Wildman–Crippen LogP) is 2.55. The van der Waals surface area contributed by atoms with Gasteiger partial charge in [0.1, 0.15) is 0 Å². The topological polar surface area (TPSA) is 101 Å². The molecule has 1 amide bonds. The van der Waals surface area contributed by atoms with Gasteiger partial charge in [0, 0.05) is 25.1 Å². The predicted molar refractivity (Wildman–Crippen MR) is 113 cm³/mol. The van der Waals surface area contributed by atoms with Crippen LogP contribution in [0.5, 0.6) is 0 Å². The van der Waals surface area contributed by atoms with Crippen LogP contribution < -0.4 is 5.32 Å². The summed E-state index contributed by atoms with van der Waals surface area (Å²) in [5.74, 6) is 0.454. The lowest BCUT2D eigenvalue weighted by Crippen LogP contribution is -2.34. The average Bonchev–Trinajstić information content (AvgIpc) is 3.40. The van der Waals surface area contributed by atoms with Crippen molar-refractivity contribution >= 4 is 5.91 Å². The van der Waals surface area contributed by atoms with Gasteiger partial charge >= 0.3 is 0 Å². The molecule has 0 saturated carbocycles. The molecule has 0 aliphatic rings. The molecule has 1 unspecified atom stereocenters. The van der Waals surface area contributed by atoms with Crippen molar-refractivity contribution in [1.82, 2.24) is 35.7 Å². The van der Waals surface area contributed by atoms with Gasteiger partial charge in [-0.05, 0) is 29.7 Å². The highest BCUT2D eigenvalue weighted by atomic mass is 16.1. The third-order valence-corrected chi connectivity index (χ3v) is 5.00. The van der Waals surface area contributed by atoms with Gasteiger partial charge in [-0.3, -0.25) is 9.48 Å². The van der Waals surface area contributed by atoms with Crippen molar-refractivity contribution in [2.75, 3.05) is 0 Å². The zero-order valence-electron chi connectivity index (χ0n) is 16.9. The molecule has 4 rings (SSSR count). The smallest absolute Gasteiger partial charge is 0.254 e. The maximum atomic E-state index is 12.9. The number of aryl methyl sites for hydroxylation is 1. The van der Waals surface area contributed by atoms with E-state index in [4.69, 9.17) is 0 Å². The van der Waals surface area contributed by atoms with Crippen LogP contribution in [0.15, 0.2) is 60.8 Å². The minimum absolute atomic E-state index is 0.0293. The maximum Gasteiger partial charge on any atom is 0.254 e. The molecule has 2 aromatic heterocycles. The lowest BCUT2D eigenvalue weighted by atomic mass is 10.0. The first-order valence-electron chi connectivity index (χ1n) is 9.78. The lowest BCUT2D eigenvalue weighted by Gasteiger charge is -2.15. The summed E-state index contributed by atoms with van der Waals surface area (Å²) in [4.78, 5) is 12.9. The number of nitrogens with zero attached hydrogens (tertiary/aromatic N) is 5. The summed E-state index contributed by atoms with van der Waals surface area (Å²) in [6, 6.07) is 18.0. The Morgan fingerprint density at radius 2 is 1.87 bits per heavy atom. The zero-order chi connectivity index (χ0) is 20.9. The van der Waals surface area contributed by atoms with Crippen molar-refractivity contribution in [3.63, 3.8) is 0 Å². The number of tetrazole rings is 1. The van der Waals surface area contributed by atoms with E-state index in [0.29, 0.717) is 24.2 Å². The molecule has 0 aliphatic heterocycles. The number of carbonyl (C=O) groups is 1. The minimum atomic E-state index is -0.107. The highest BCUT2D eigenvalue weighted by Crippen LogP contribution is 2.16. The van der Waals surface area contributed by atoms with Crippen molar-refractivity contribution in [1.29, 1.82) is 0 Å². The summed E-state index contributed by atoms with van der Waals surface area (Å²) >= 11 is 0. The van der Waals surface area contributed by atoms with Gasteiger partial charge < -0.3 is 5.32 Å². The summed E-state index contributed by atoms with van der Waals surface area (Å²) < 4.78 is 1.77. The Hall–Kier alpha value is -3.81. The second-order valence-corrected chi connectivity index (χ2v) is 7.30. The molecule has 30 heavy (non-hydrogen) atoms. The fourth-order valence-corrected chi connectivity index (χ4v) is 3.43. The quantitative estimate of drug-likeness (QED) is 0.496. The fourth-order valence-electron chi connectivity index (χ4n) is 3.43. The van der Waals surface area contributed by atoms with Crippen molar-refractivity contribution in [3.05, 3.63) is 83.2 Å². The van der Waals surface area contributed by atoms with Crippen LogP contribution in [0.4, 0.5) is 0 Å². The Morgan fingerprint density at radius 3 is 2.57 bits per heavy atom. The normalized spacial score (nSPS) is 11.9. The Balaban J connectivity index is 1.40. The SMILES string of the molecule is CC(Cc1ccc(-c2nn[nH]n2)cc1)NC(=O)c1cnn(C)c1Cc1ccccc1. The van der Waals surface area contributed by atoms with Crippen molar-refractivity contribution in [3.8, 4) is 11.4 Å². The van der Waals surface area contributed by atoms with Gasteiger partial charge in [-0.25, -0.2) is 0 Å². The Morgan fingerprint density at radius 1 is 1.10 bits per heavy atom. The van der Waals surface area contributed by atoms with E-state index in [9.17, 15) is 4.79 Å². The van der Waals surface area contributed by atoms with Crippen LogP contribution in [0.2, 0.25) is 0 Å². The molecule has 0 spiro atoms. The van der Waals surface area contributed by atoms with Gasteiger partial charge in [-0.15, -0.1) is 10.2 Å². The number of amides is 1. The van der Waals surface area contributed by atoms with E-state index < -0.39 is 0 Å². The molecule has 2 aromatic carbocycles. The molecule has 8 nitrogen and oxygen atoms in total. The summed E-state index contributed by atoms with van der Waals surface area (Å²) in [5, 5.41) is 21.4. The standard InChI is InChI=1S/C22H23N7O/c1-15(12-17-8-10-18(11-9-17)21-25-27-28-26-21)24-22(30)19-14-23-29(2)20(19)13-16-6-4-3-5-7-16/h3-11,14-15H,12-13H2,1-2H3,(H,24,30)(H,25,26,27,28). The molecule has 152 valence electrons. The van der Waals surface area contributed by atoms with Crippen LogP contribution in [0.3, 0.4) is 0 Å². The third kappa shape index (κ3) is 4.43. The van der Waals surface area contributed by atoms with Gasteiger partial charge in [-0.1, -0.05) is 54.6 Å². The molecule has 4 aromatic rings. The van der Waals surface area contributed by atoms with E-state index in [0.717, 1.165) is 22.4 Å². The van der Waals surface area contributed by atoms with Gasteiger partial charge in [-0.2, -0.15) is 10.3 Å². The van der Waals surface area contributed by atoms with Gasteiger partial charge in [0.2, 0.25) is 5.82 Å². The molecule has 0 fully saturated rings. The summed E-state index contributed by atoms with van der Waals surface area (Å²) in [6.45, 7) is 2.00. The van der Waals surface area contributed by atoms with Crippen LogP contribution in [-0.2, 0) is 19.9 Å². The molecule has 8 heteroatoms. The molecule has 1 atom stereocenters. The van der Waals surface area contributed by atoms with E-state index in [-0.39, 0.29) is 11.9 Å². The van der Waals surface area contributed by atoms with E-state index in [2.05, 4.69) is 43.2 Å². The third-order valence-electron chi connectivity index (χ3n) is 5.00. The van der Waals surface area contributed by atoms with Gasteiger partial charge in [0.25, 0.3) is 5.91 Å². The number of aromatic amines is 1. The summed E-state index contributed by atoms with van der Waals surface area (Å²) in [5.41, 5.74) is 4.66. The number of benzene rings is 2. The summed E-state index contributed by atoms with van der Waals surface area (Å²) in [6.07, 6.45) is 3.01. The largest absolute Gasteiger partial charge is 0.349 e. The highest BCUT2D eigenvalue weighted by Gasteiger charge is 2.18. The van der Waals surface area contributed by atoms with E-state index in [1.165, 1.54) is 0 Å². The second kappa shape index (κ2) is 8.69. The molecular weight excluding hydrogens is 378 g/mol. The monoisotopic (exact) mass is 401 g/mol. The first kappa shape index (κ1) is 19.5. The Labute approximate surface area is 174 Å². The van der Waals surface area contributed by atoms with Crippen molar-refractivity contribution < 1.29 is 4.79 Å². The molecule has 0 bridgehead atoms. The number of aromatic nitrogens is 6. The molecule has 0 radical (unpaired) electrons. The van der Waals surface area contributed by atoms with E-state index in [1.54, 1.807) is 10.9 Å². The first-order valence-corrected chi connectivity index (χ1v) is 9.78. The Bertz CT molecular complexity index is 1100. The average molecular weight is 401 g/mol. The van der Waals surface area contributed by atoms with Crippen LogP contribution in [0, 0.1) is 0 Å². The van der Waals surface area contributed by atoms with Crippen LogP contribution in [0.25, 0.3) is 11.4 Å².